The molecule has 0 radical (unpaired) electrons. The quantitative estimate of drug-likeness (QED) is 0.874. The lowest BCUT2D eigenvalue weighted by Gasteiger charge is -2.15. The van der Waals surface area contributed by atoms with E-state index in [0.717, 1.165) is 30.9 Å². The van der Waals surface area contributed by atoms with Crippen LogP contribution in [0.2, 0.25) is 0 Å². The maximum atomic E-state index is 14.0. The van der Waals surface area contributed by atoms with Crippen LogP contribution in [0.5, 0.6) is 0 Å². The Bertz CT molecular complexity index is 575. The van der Waals surface area contributed by atoms with Crippen molar-refractivity contribution in [2.45, 2.75) is 6.42 Å². The van der Waals surface area contributed by atoms with Gasteiger partial charge in [-0.2, -0.15) is 5.10 Å². The molecule has 0 saturated heterocycles. The average Bonchev–Trinajstić information content (AvgIpc) is 2.93. The van der Waals surface area contributed by atoms with Crippen LogP contribution in [-0.4, -0.2) is 28.7 Å². The van der Waals surface area contributed by atoms with Crippen molar-refractivity contribution in [2.24, 2.45) is 4.99 Å². The summed E-state index contributed by atoms with van der Waals surface area (Å²) in [5, 5.41) is 7.20. The standard InChI is InChI=1S/C13H13FN4/c14-11-9-10(13-15-5-1-6-16-13)3-4-12(11)18-8-2-7-17-18/h2-4,7-9H,1,5-6H2,(H,15,16). The monoisotopic (exact) mass is 244 g/mol. The van der Waals surface area contributed by atoms with Gasteiger partial charge in [-0.25, -0.2) is 9.07 Å². The average molecular weight is 244 g/mol. The van der Waals surface area contributed by atoms with Crippen molar-refractivity contribution < 1.29 is 4.39 Å². The summed E-state index contributed by atoms with van der Waals surface area (Å²) in [5.74, 6) is 0.471. The van der Waals surface area contributed by atoms with Gasteiger partial charge in [-0.1, -0.05) is 0 Å². The van der Waals surface area contributed by atoms with Gasteiger partial charge in [0.25, 0.3) is 0 Å². The number of halogens is 1. The van der Waals surface area contributed by atoms with E-state index < -0.39 is 0 Å². The van der Waals surface area contributed by atoms with Gasteiger partial charge in [0, 0.05) is 31.0 Å². The Kier molecular flexibility index (Phi) is 2.80. The molecule has 2 heterocycles. The second kappa shape index (κ2) is 4.60. The van der Waals surface area contributed by atoms with Crippen molar-refractivity contribution in [3.63, 3.8) is 0 Å². The minimum Gasteiger partial charge on any atom is -0.370 e. The van der Waals surface area contributed by atoms with Gasteiger partial charge in [0.05, 0.1) is 0 Å². The fourth-order valence-corrected chi connectivity index (χ4v) is 1.98. The van der Waals surface area contributed by atoms with Gasteiger partial charge in [0.1, 0.15) is 17.3 Å². The minimum atomic E-state index is -0.300. The topological polar surface area (TPSA) is 42.2 Å². The third-order valence-electron chi connectivity index (χ3n) is 2.87. The number of hydrogen-bond donors (Lipinski definition) is 1. The molecule has 0 unspecified atom stereocenters. The second-order valence-corrected chi connectivity index (χ2v) is 4.13. The maximum Gasteiger partial charge on any atom is 0.149 e. The van der Waals surface area contributed by atoms with Gasteiger partial charge >= 0.3 is 0 Å². The SMILES string of the molecule is Fc1cc(C2=NCCCN2)ccc1-n1cccn1. The molecule has 2 aromatic rings. The van der Waals surface area contributed by atoms with Gasteiger partial charge in [-0.15, -0.1) is 0 Å². The van der Waals surface area contributed by atoms with Crippen LogP contribution in [0.1, 0.15) is 12.0 Å². The lowest BCUT2D eigenvalue weighted by Crippen LogP contribution is -2.30. The predicted molar refractivity (Wildman–Crippen MR) is 67.5 cm³/mol. The third-order valence-corrected chi connectivity index (χ3v) is 2.87. The highest BCUT2D eigenvalue weighted by Gasteiger charge is 2.11. The summed E-state index contributed by atoms with van der Waals surface area (Å²) in [7, 11) is 0. The summed E-state index contributed by atoms with van der Waals surface area (Å²) >= 11 is 0. The van der Waals surface area contributed by atoms with Crippen LogP contribution in [0.25, 0.3) is 5.69 Å². The molecule has 1 aromatic heterocycles. The van der Waals surface area contributed by atoms with Crippen molar-refractivity contribution in [3.8, 4) is 5.69 Å². The third kappa shape index (κ3) is 1.99. The molecule has 1 aromatic carbocycles. The molecule has 0 saturated carbocycles. The van der Waals surface area contributed by atoms with E-state index in [1.54, 1.807) is 24.5 Å². The lowest BCUT2D eigenvalue weighted by molar-refractivity contribution is 0.610. The van der Waals surface area contributed by atoms with Gasteiger partial charge in [-0.3, -0.25) is 4.99 Å². The van der Waals surface area contributed by atoms with Gasteiger partial charge in [-0.05, 0) is 30.7 Å². The molecule has 92 valence electrons. The summed E-state index contributed by atoms with van der Waals surface area (Å²) in [6.07, 6.45) is 4.37. The predicted octanol–water partition coefficient (Wildman–Crippen LogP) is 1.75. The van der Waals surface area contributed by atoms with Crippen molar-refractivity contribution in [2.75, 3.05) is 13.1 Å². The van der Waals surface area contributed by atoms with E-state index in [4.69, 9.17) is 0 Å². The molecule has 1 N–H and O–H groups in total. The molecule has 0 bridgehead atoms. The Labute approximate surface area is 104 Å². The first-order valence-electron chi connectivity index (χ1n) is 5.93. The highest BCUT2D eigenvalue weighted by molar-refractivity contribution is 5.99. The van der Waals surface area contributed by atoms with E-state index in [2.05, 4.69) is 15.4 Å². The van der Waals surface area contributed by atoms with Crippen LogP contribution >= 0.6 is 0 Å². The van der Waals surface area contributed by atoms with E-state index in [-0.39, 0.29) is 5.82 Å². The largest absolute Gasteiger partial charge is 0.370 e. The van der Waals surface area contributed by atoms with Crippen molar-refractivity contribution in [1.82, 2.24) is 15.1 Å². The first-order valence-corrected chi connectivity index (χ1v) is 5.93. The van der Waals surface area contributed by atoms with E-state index in [1.807, 2.05) is 6.07 Å². The lowest BCUT2D eigenvalue weighted by atomic mass is 10.1. The highest BCUT2D eigenvalue weighted by Crippen LogP contribution is 2.15. The zero-order chi connectivity index (χ0) is 12.4. The number of nitrogens with one attached hydrogen (secondary N) is 1. The molecule has 0 atom stereocenters. The molecule has 1 aliphatic heterocycles. The molecule has 0 aliphatic carbocycles. The number of nitrogens with zero attached hydrogens (tertiary/aromatic N) is 3. The first-order chi connectivity index (χ1) is 8.84. The van der Waals surface area contributed by atoms with Gasteiger partial charge in [0.15, 0.2) is 0 Å². The second-order valence-electron chi connectivity index (χ2n) is 4.13. The van der Waals surface area contributed by atoms with Crippen LogP contribution in [-0.2, 0) is 0 Å². The Hall–Kier alpha value is -2.17. The summed E-state index contributed by atoms with van der Waals surface area (Å²) < 4.78 is 15.5. The van der Waals surface area contributed by atoms with Crippen molar-refractivity contribution >= 4 is 5.84 Å². The van der Waals surface area contributed by atoms with Gasteiger partial charge < -0.3 is 5.32 Å². The van der Waals surface area contributed by atoms with E-state index in [1.165, 1.54) is 10.7 Å². The summed E-state index contributed by atoms with van der Waals surface area (Å²) in [6, 6.07) is 6.84. The normalized spacial score (nSPS) is 15.1. The molecule has 0 fully saturated rings. The van der Waals surface area contributed by atoms with Crippen molar-refractivity contribution in [3.05, 3.63) is 48.0 Å². The maximum absolute atomic E-state index is 14.0. The Morgan fingerprint density at radius 1 is 1.33 bits per heavy atom. The number of rotatable bonds is 2. The number of amidine groups is 1. The Balaban J connectivity index is 1.96. The first kappa shape index (κ1) is 11.0. The summed E-state index contributed by atoms with van der Waals surface area (Å²) in [5.41, 5.74) is 1.23. The van der Waals surface area contributed by atoms with Crippen LogP contribution in [0.15, 0.2) is 41.7 Å². The molecule has 1 aliphatic rings. The highest BCUT2D eigenvalue weighted by atomic mass is 19.1. The molecule has 0 amide bonds. The fourth-order valence-electron chi connectivity index (χ4n) is 1.98. The number of aliphatic imine (C=N–C) groups is 1. The van der Waals surface area contributed by atoms with Gasteiger partial charge in [0.2, 0.25) is 0 Å². The zero-order valence-corrected chi connectivity index (χ0v) is 9.81. The Morgan fingerprint density at radius 2 is 2.28 bits per heavy atom. The fraction of sp³-hybridized carbons (Fsp3) is 0.231. The Morgan fingerprint density at radius 3 is 2.94 bits per heavy atom. The molecule has 18 heavy (non-hydrogen) atoms. The van der Waals surface area contributed by atoms with E-state index in [9.17, 15) is 4.39 Å². The molecule has 4 nitrogen and oxygen atoms in total. The van der Waals surface area contributed by atoms with Crippen LogP contribution in [0.4, 0.5) is 4.39 Å². The minimum absolute atomic E-state index is 0.300. The van der Waals surface area contributed by atoms with Crippen LogP contribution < -0.4 is 5.32 Å². The van der Waals surface area contributed by atoms with Crippen LogP contribution in [0.3, 0.4) is 0 Å². The van der Waals surface area contributed by atoms with E-state index >= 15 is 0 Å². The molecule has 3 rings (SSSR count). The summed E-state index contributed by atoms with van der Waals surface area (Å²) in [4.78, 5) is 4.35. The zero-order valence-electron chi connectivity index (χ0n) is 9.81. The van der Waals surface area contributed by atoms with E-state index in [0.29, 0.717) is 5.69 Å². The molecular weight excluding hydrogens is 231 g/mol. The molecule has 5 heteroatoms. The molecule has 0 spiro atoms. The number of benzene rings is 1. The number of hydrogen-bond acceptors (Lipinski definition) is 3. The smallest absolute Gasteiger partial charge is 0.149 e. The van der Waals surface area contributed by atoms with Crippen LogP contribution in [0, 0.1) is 5.82 Å². The number of aromatic nitrogens is 2. The van der Waals surface area contributed by atoms with Crippen molar-refractivity contribution in [1.29, 1.82) is 0 Å². The summed E-state index contributed by atoms with van der Waals surface area (Å²) in [6.45, 7) is 1.69. The molecular formula is C13H13FN4.